The smallest absolute Gasteiger partial charge is 0.231 e. The van der Waals surface area contributed by atoms with Gasteiger partial charge in [-0.05, 0) is 24.3 Å². The number of fused-ring (bicyclic) bond motifs is 2. The average Bonchev–Trinajstić information content (AvgIpc) is 3.13. The van der Waals surface area contributed by atoms with Crippen molar-refractivity contribution in [2.45, 2.75) is 0 Å². The number of hydrogen-bond acceptors (Lipinski definition) is 4. The second kappa shape index (κ2) is 4.60. The van der Waals surface area contributed by atoms with Crippen LogP contribution in [0.2, 0.25) is 0 Å². The number of hydrogen-bond donors (Lipinski definition) is 0. The molecule has 102 valence electrons. The van der Waals surface area contributed by atoms with Gasteiger partial charge in [-0.2, -0.15) is 0 Å². The third-order valence-electron chi connectivity index (χ3n) is 3.03. The summed E-state index contributed by atoms with van der Waals surface area (Å²) >= 11 is 0. The minimum Gasteiger partial charge on any atom is -0.454 e. The molecule has 0 spiro atoms. The van der Waals surface area contributed by atoms with Gasteiger partial charge in [0.15, 0.2) is 23.0 Å². The molecule has 2 heterocycles. The fraction of sp³-hybridized carbons (Fsp3) is 0.143. The van der Waals surface area contributed by atoms with Crippen molar-refractivity contribution >= 4 is 26.0 Å². The quantitative estimate of drug-likeness (QED) is 0.598. The molecule has 2 aliphatic rings. The van der Waals surface area contributed by atoms with Crippen LogP contribution in [0.3, 0.4) is 0 Å². The Balaban J connectivity index is 1.68. The molecule has 4 rings (SSSR count). The highest BCUT2D eigenvalue weighted by atomic mass is 31.1. The van der Waals surface area contributed by atoms with Gasteiger partial charge in [-0.3, -0.25) is 0 Å². The molecule has 6 heteroatoms. The van der Waals surface area contributed by atoms with E-state index in [1.54, 1.807) is 0 Å². The van der Waals surface area contributed by atoms with E-state index in [-0.39, 0.29) is 7.57 Å². The molecule has 0 fully saturated rings. The third-order valence-corrected chi connectivity index (χ3v) is 4.23. The molecule has 0 aliphatic carbocycles. The first kappa shape index (κ1) is 11.9. The van der Waals surface area contributed by atoms with E-state index in [2.05, 4.69) is 24.3 Å². The van der Waals surface area contributed by atoms with Crippen LogP contribution in [0, 0.1) is 0 Å². The Morgan fingerprint density at radius 2 is 1.15 bits per heavy atom. The second-order valence-electron chi connectivity index (χ2n) is 4.26. The van der Waals surface area contributed by atoms with Gasteiger partial charge in [0, 0.05) is 12.1 Å². The zero-order valence-electron chi connectivity index (χ0n) is 10.0. The molecular weight excluding hydrogens is 274 g/mol. The standard InChI is InChI=1S/C14H14BO4P/c15-20(9-1-3-11-13(5-9)18-7-16-11)10-2-4-12-14(6-10)19-8-17-12/h1-6,20H,7-8H2,15H3. The normalized spacial score (nSPS) is 14.9. The van der Waals surface area contributed by atoms with Gasteiger partial charge >= 0.3 is 0 Å². The summed E-state index contributed by atoms with van der Waals surface area (Å²) in [6.45, 7) is 0.669. The molecule has 0 unspecified atom stereocenters. The van der Waals surface area contributed by atoms with Crippen LogP contribution < -0.4 is 29.6 Å². The van der Waals surface area contributed by atoms with E-state index in [0.717, 1.165) is 23.0 Å². The van der Waals surface area contributed by atoms with Crippen molar-refractivity contribution in [3.8, 4) is 23.0 Å². The lowest BCUT2D eigenvalue weighted by atomic mass is 10.3. The summed E-state index contributed by atoms with van der Waals surface area (Å²) in [6.07, 6.45) is 0. The van der Waals surface area contributed by atoms with Crippen LogP contribution in [-0.2, 0) is 0 Å². The molecule has 0 radical (unpaired) electrons. The lowest BCUT2D eigenvalue weighted by Gasteiger charge is -2.11. The molecule has 2 aromatic rings. The maximum atomic E-state index is 5.48. The van der Waals surface area contributed by atoms with Gasteiger partial charge in [0.2, 0.25) is 13.6 Å². The van der Waals surface area contributed by atoms with Gasteiger partial charge in [-0.15, -0.1) is 7.80 Å². The summed E-state index contributed by atoms with van der Waals surface area (Å²) in [4.78, 5) is 0. The monoisotopic (exact) mass is 288 g/mol. The predicted molar refractivity (Wildman–Crippen MR) is 82.7 cm³/mol. The molecule has 2 aliphatic heterocycles. The number of rotatable bonds is 2. The van der Waals surface area contributed by atoms with Crippen molar-refractivity contribution in [1.29, 1.82) is 0 Å². The fourth-order valence-corrected chi connectivity index (χ4v) is 3.19. The van der Waals surface area contributed by atoms with Crippen molar-refractivity contribution in [3.05, 3.63) is 36.4 Å². The highest BCUT2D eigenvalue weighted by Gasteiger charge is 2.21. The van der Waals surface area contributed by atoms with Crippen LogP contribution in [0.5, 0.6) is 23.0 Å². The Morgan fingerprint density at radius 1 is 0.700 bits per heavy atom. The highest BCUT2D eigenvalue weighted by Crippen LogP contribution is 2.38. The molecule has 20 heavy (non-hydrogen) atoms. The van der Waals surface area contributed by atoms with Crippen molar-refractivity contribution in [2.75, 3.05) is 13.6 Å². The van der Waals surface area contributed by atoms with E-state index >= 15 is 0 Å². The highest BCUT2D eigenvalue weighted by molar-refractivity contribution is 7.94. The zero-order valence-corrected chi connectivity index (χ0v) is 11.0. The van der Waals surface area contributed by atoms with E-state index < -0.39 is 7.80 Å². The summed E-state index contributed by atoms with van der Waals surface area (Å²) in [7, 11) is -0.419. The van der Waals surface area contributed by atoms with E-state index in [1.807, 2.05) is 12.1 Å². The zero-order chi connectivity index (χ0) is 13.5. The maximum absolute atomic E-state index is 5.48. The summed E-state index contributed by atoms with van der Waals surface area (Å²) in [5.74, 6) is 3.47. The van der Waals surface area contributed by atoms with E-state index in [9.17, 15) is 0 Å². The maximum Gasteiger partial charge on any atom is 0.231 e. The summed E-state index contributed by atoms with van der Waals surface area (Å²) < 4.78 is 21.7. The minimum atomic E-state index is -0.607. The molecule has 0 N–H and O–H groups in total. The number of ether oxygens (including phenoxy) is 4. The average molecular weight is 288 g/mol. The SMILES string of the molecule is [BH3-][PH+](c1ccc2c(c1)OCO2)c1ccc2c(c1)OCO2. The van der Waals surface area contributed by atoms with Gasteiger partial charge < -0.3 is 18.9 Å². The third kappa shape index (κ3) is 1.90. The Hall–Kier alpha value is -1.87. The van der Waals surface area contributed by atoms with Gasteiger partial charge in [-0.25, -0.2) is 0 Å². The summed E-state index contributed by atoms with van der Waals surface area (Å²) in [6, 6.07) is 12.7. The van der Waals surface area contributed by atoms with Gasteiger partial charge in [-0.1, -0.05) is 0 Å². The number of benzene rings is 2. The van der Waals surface area contributed by atoms with E-state index in [0.29, 0.717) is 13.6 Å². The molecule has 0 atom stereocenters. The lowest BCUT2D eigenvalue weighted by Crippen LogP contribution is -2.11. The topological polar surface area (TPSA) is 36.9 Å². The Morgan fingerprint density at radius 3 is 1.65 bits per heavy atom. The minimum absolute atomic E-state index is 0.189. The van der Waals surface area contributed by atoms with Crippen LogP contribution in [0.15, 0.2) is 36.4 Å². The van der Waals surface area contributed by atoms with Crippen molar-refractivity contribution < 1.29 is 18.9 Å². The van der Waals surface area contributed by atoms with Crippen LogP contribution >= 0.6 is 7.80 Å². The summed E-state index contributed by atoms with van der Waals surface area (Å²) in [5.41, 5.74) is 0. The first-order valence-corrected chi connectivity index (χ1v) is 6.95. The molecule has 2 aromatic carbocycles. The first-order chi connectivity index (χ1) is 9.81. The van der Waals surface area contributed by atoms with Gasteiger partial charge in [0.1, 0.15) is 7.57 Å². The van der Waals surface area contributed by atoms with E-state index in [1.165, 1.54) is 10.6 Å². The van der Waals surface area contributed by atoms with E-state index in [4.69, 9.17) is 18.9 Å². The van der Waals surface area contributed by atoms with Crippen LogP contribution in [0.25, 0.3) is 0 Å². The Kier molecular flexibility index (Phi) is 2.74. The van der Waals surface area contributed by atoms with Gasteiger partial charge in [0.25, 0.3) is 0 Å². The predicted octanol–water partition coefficient (Wildman–Crippen LogP) is 0.589. The fourth-order valence-electron chi connectivity index (χ4n) is 2.12. The first-order valence-electron chi connectivity index (χ1n) is 5.95. The molecular formula is C14H14BO4P. The second-order valence-corrected chi connectivity index (χ2v) is 5.67. The molecule has 4 nitrogen and oxygen atoms in total. The van der Waals surface area contributed by atoms with Crippen molar-refractivity contribution in [1.82, 2.24) is 0 Å². The molecule has 0 aromatic heterocycles. The molecule has 0 bridgehead atoms. The molecule has 0 saturated heterocycles. The van der Waals surface area contributed by atoms with Crippen LogP contribution in [-0.4, -0.2) is 21.2 Å². The summed E-state index contributed by atoms with van der Waals surface area (Å²) in [5, 5.41) is 2.80. The largest absolute Gasteiger partial charge is 0.454 e. The van der Waals surface area contributed by atoms with Gasteiger partial charge in [0.05, 0.1) is 10.6 Å². The van der Waals surface area contributed by atoms with Crippen LogP contribution in [0.4, 0.5) is 0 Å². The Labute approximate surface area is 118 Å². The van der Waals surface area contributed by atoms with Crippen molar-refractivity contribution in [2.24, 2.45) is 0 Å². The lowest BCUT2D eigenvalue weighted by molar-refractivity contribution is 0.173. The molecule has 0 saturated carbocycles. The Bertz CT molecular complexity index is 619. The van der Waals surface area contributed by atoms with Crippen LogP contribution in [0.1, 0.15) is 0 Å². The van der Waals surface area contributed by atoms with Crippen molar-refractivity contribution in [3.63, 3.8) is 0 Å². The molecule has 0 amide bonds.